The monoisotopic (exact) mass is 466 g/mol. The summed E-state index contributed by atoms with van der Waals surface area (Å²) in [5.74, 6) is -1.73. The van der Waals surface area contributed by atoms with Gasteiger partial charge in [-0.2, -0.15) is 0 Å². The van der Waals surface area contributed by atoms with E-state index in [0.717, 1.165) is 27.2 Å². The van der Waals surface area contributed by atoms with E-state index >= 15 is 0 Å². The summed E-state index contributed by atoms with van der Waals surface area (Å²) in [7, 11) is 0. The van der Waals surface area contributed by atoms with Crippen molar-refractivity contribution < 1.29 is 29.3 Å². The third-order valence-electron chi connectivity index (χ3n) is 6.49. The maximum Gasteiger partial charge on any atom is 0.407 e. The van der Waals surface area contributed by atoms with E-state index < -0.39 is 36.2 Å². The molecular weight excluding hydrogens is 436 g/mol. The number of aliphatic hydroxyl groups is 1. The number of hydrogen-bond acceptors (Lipinski definition) is 5. The van der Waals surface area contributed by atoms with Crippen molar-refractivity contribution >= 4 is 18.0 Å². The first-order valence-corrected chi connectivity index (χ1v) is 11.6. The van der Waals surface area contributed by atoms with Crippen LogP contribution >= 0.6 is 0 Å². The van der Waals surface area contributed by atoms with Gasteiger partial charge in [-0.15, -0.1) is 0 Å². The molecule has 1 saturated heterocycles. The van der Waals surface area contributed by atoms with E-state index in [2.05, 4.69) is 17.4 Å². The molecule has 4 rings (SSSR count). The van der Waals surface area contributed by atoms with Gasteiger partial charge in [0, 0.05) is 18.9 Å². The lowest BCUT2D eigenvalue weighted by atomic mass is 9.98. The molecule has 2 aromatic rings. The highest BCUT2D eigenvalue weighted by atomic mass is 16.5. The van der Waals surface area contributed by atoms with E-state index in [1.807, 2.05) is 50.2 Å². The van der Waals surface area contributed by atoms with Gasteiger partial charge >= 0.3 is 12.1 Å². The Morgan fingerprint density at radius 2 is 1.65 bits per heavy atom. The molecule has 8 nitrogen and oxygen atoms in total. The first-order valence-electron chi connectivity index (χ1n) is 11.6. The molecule has 0 radical (unpaired) electrons. The van der Waals surface area contributed by atoms with E-state index in [-0.39, 0.29) is 31.4 Å². The van der Waals surface area contributed by atoms with Gasteiger partial charge in [0.05, 0.1) is 6.10 Å². The van der Waals surface area contributed by atoms with Crippen LogP contribution in [-0.4, -0.2) is 64.4 Å². The summed E-state index contributed by atoms with van der Waals surface area (Å²) >= 11 is 0. The number of β-amino-alcohol motifs (C(OH)–C–C–N with tert-alkyl or cyclic N) is 1. The molecule has 2 amide bonds. The molecule has 0 saturated carbocycles. The van der Waals surface area contributed by atoms with E-state index in [1.54, 1.807) is 0 Å². The lowest BCUT2D eigenvalue weighted by molar-refractivity contribution is -0.149. The van der Waals surface area contributed by atoms with Gasteiger partial charge in [0.25, 0.3) is 0 Å². The average Bonchev–Trinajstić information content (AvgIpc) is 3.35. The molecule has 0 spiro atoms. The highest BCUT2D eigenvalue weighted by Gasteiger charge is 2.41. The van der Waals surface area contributed by atoms with E-state index in [1.165, 1.54) is 0 Å². The van der Waals surface area contributed by atoms with Crippen LogP contribution < -0.4 is 5.32 Å². The third kappa shape index (κ3) is 4.77. The molecule has 1 aliphatic carbocycles. The summed E-state index contributed by atoms with van der Waals surface area (Å²) in [5.41, 5.74) is 4.41. The number of fused-ring (bicyclic) bond motifs is 3. The van der Waals surface area contributed by atoms with Gasteiger partial charge < -0.3 is 25.2 Å². The summed E-state index contributed by atoms with van der Waals surface area (Å²) in [5, 5.41) is 22.0. The Kier molecular flexibility index (Phi) is 6.88. The number of likely N-dealkylation sites (tertiary alicyclic amines) is 1. The standard InChI is InChI=1S/C26H30N2O6/c1-15(2)11-22(24(30)28-13-16(29)12-23(28)25(31)32)27-26(33)34-14-21-19-9-5-3-7-17(19)18-8-4-6-10-20(18)21/h3-10,15-16,21-23,29H,11-14H2,1-2H3,(H,27,33)(H,31,32)/t16?,22?,23-/m0/s1. The highest BCUT2D eigenvalue weighted by molar-refractivity contribution is 5.90. The molecule has 8 heteroatoms. The first kappa shape index (κ1) is 23.8. The Labute approximate surface area is 198 Å². The summed E-state index contributed by atoms with van der Waals surface area (Å²) in [6, 6.07) is 14.0. The van der Waals surface area contributed by atoms with Crippen molar-refractivity contribution in [2.45, 2.75) is 50.8 Å². The van der Waals surface area contributed by atoms with Gasteiger partial charge in [-0.1, -0.05) is 62.4 Å². The second kappa shape index (κ2) is 9.85. The number of benzene rings is 2. The molecule has 1 heterocycles. The lowest BCUT2D eigenvalue weighted by Gasteiger charge is -2.28. The van der Waals surface area contributed by atoms with Crippen LogP contribution in [0.1, 0.15) is 43.7 Å². The Hall–Kier alpha value is -3.39. The summed E-state index contributed by atoms with van der Waals surface area (Å²) in [6.07, 6.45) is -1.34. The topological polar surface area (TPSA) is 116 Å². The minimum Gasteiger partial charge on any atom is -0.480 e. The molecule has 3 N–H and O–H groups in total. The molecule has 0 aromatic heterocycles. The van der Waals surface area contributed by atoms with Gasteiger partial charge in [0.15, 0.2) is 0 Å². The average molecular weight is 467 g/mol. The van der Waals surface area contributed by atoms with Gasteiger partial charge in [-0.05, 0) is 34.6 Å². The first-order chi connectivity index (χ1) is 16.3. The minimum absolute atomic E-state index is 0.0274. The van der Waals surface area contributed by atoms with E-state index in [0.29, 0.717) is 6.42 Å². The number of alkyl carbamates (subject to hydrolysis) is 1. The number of amides is 2. The van der Waals surface area contributed by atoms with Crippen LogP contribution in [0.5, 0.6) is 0 Å². The van der Waals surface area contributed by atoms with Gasteiger partial charge in [-0.25, -0.2) is 9.59 Å². The second-order valence-corrected chi connectivity index (χ2v) is 9.39. The molecule has 34 heavy (non-hydrogen) atoms. The fourth-order valence-corrected chi connectivity index (χ4v) is 4.97. The summed E-state index contributed by atoms with van der Waals surface area (Å²) in [4.78, 5) is 38.6. The molecule has 2 aliphatic rings. The Morgan fingerprint density at radius 1 is 1.06 bits per heavy atom. The predicted octanol–water partition coefficient (Wildman–Crippen LogP) is 2.99. The Balaban J connectivity index is 1.45. The molecule has 0 bridgehead atoms. The van der Waals surface area contributed by atoms with Crippen LogP contribution in [0.4, 0.5) is 4.79 Å². The lowest BCUT2D eigenvalue weighted by Crippen LogP contribution is -2.52. The number of nitrogens with one attached hydrogen (secondary N) is 1. The number of hydrogen-bond donors (Lipinski definition) is 3. The van der Waals surface area contributed by atoms with Gasteiger partial charge in [0.2, 0.25) is 5.91 Å². The molecule has 180 valence electrons. The number of carbonyl (C=O) groups is 3. The zero-order valence-corrected chi connectivity index (χ0v) is 19.3. The van der Waals surface area contributed by atoms with Gasteiger partial charge in [0.1, 0.15) is 18.7 Å². The van der Waals surface area contributed by atoms with Gasteiger partial charge in [-0.3, -0.25) is 4.79 Å². The predicted molar refractivity (Wildman–Crippen MR) is 125 cm³/mol. The third-order valence-corrected chi connectivity index (χ3v) is 6.49. The van der Waals surface area contributed by atoms with Crippen molar-refractivity contribution in [3.63, 3.8) is 0 Å². The van der Waals surface area contributed by atoms with Crippen LogP contribution in [0.15, 0.2) is 48.5 Å². The smallest absolute Gasteiger partial charge is 0.407 e. The number of nitrogens with zero attached hydrogens (tertiary/aromatic N) is 1. The van der Waals surface area contributed by atoms with Crippen LogP contribution in [-0.2, 0) is 14.3 Å². The number of carboxylic acid groups (broad SMARTS) is 1. The van der Waals surface area contributed by atoms with E-state index in [4.69, 9.17) is 4.74 Å². The number of aliphatic hydroxyl groups excluding tert-OH is 1. The van der Waals surface area contributed by atoms with Crippen LogP contribution in [0.25, 0.3) is 11.1 Å². The number of aliphatic carboxylic acids is 1. The summed E-state index contributed by atoms with van der Waals surface area (Å²) in [6.45, 7) is 3.86. The SMILES string of the molecule is CC(C)CC(NC(=O)OCC1c2ccccc2-c2ccccc21)C(=O)N1CC(O)C[C@H]1C(=O)O. The molecule has 2 unspecified atom stereocenters. The number of ether oxygens (including phenoxy) is 1. The fraction of sp³-hybridized carbons (Fsp3) is 0.423. The molecule has 1 fully saturated rings. The van der Waals surface area contributed by atoms with Crippen molar-refractivity contribution in [2.24, 2.45) is 5.92 Å². The fourth-order valence-electron chi connectivity index (χ4n) is 4.97. The van der Waals surface area contributed by atoms with E-state index in [9.17, 15) is 24.6 Å². The maximum atomic E-state index is 13.1. The zero-order valence-electron chi connectivity index (χ0n) is 19.3. The quantitative estimate of drug-likeness (QED) is 0.578. The molecule has 1 aliphatic heterocycles. The second-order valence-electron chi connectivity index (χ2n) is 9.39. The van der Waals surface area contributed by atoms with Crippen molar-refractivity contribution in [1.29, 1.82) is 0 Å². The Bertz CT molecular complexity index is 1040. The number of rotatable bonds is 7. The maximum absolute atomic E-state index is 13.1. The van der Waals surface area contributed by atoms with Crippen LogP contribution in [0.3, 0.4) is 0 Å². The van der Waals surface area contributed by atoms with Crippen LogP contribution in [0.2, 0.25) is 0 Å². The van der Waals surface area contributed by atoms with Crippen molar-refractivity contribution in [2.75, 3.05) is 13.2 Å². The van der Waals surface area contributed by atoms with Crippen LogP contribution in [0, 0.1) is 5.92 Å². The number of carbonyl (C=O) groups excluding carboxylic acids is 2. The number of carboxylic acids is 1. The Morgan fingerprint density at radius 3 is 2.21 bits per heavy atom. The molecular formula is C26H30N2O6. The largest absolute Gasteiger partial charge is 0.480 e. The minimum atomic E-state index is -1.17. The zero-order chi connectivity index (χ0) is 24.4. The summed E-state index contributed by atoms with van der Waals surface area (Å²) < 4.78 is 5.57. The highest BCUT2D eigenvalue weighted by Crippen LogP contribution is 2.44. The van der Waals surface area contributed by atoms with Crippen molar-refractivity contribution in [1.82, 2.24) is 10.2 Å². The molecule has 2 aromatic carbocycles. The molecule has 3 atom stereocenters. The van der Waals surface area contributed by atoms with Crippen molar-refractivity contribution in [3.05, 3.63) is 59.7 Å². The van der Waals surface area contributed by atoms with Crippen molar-refractivity contribution in [3.8, 4) is 11.1 Å². The normalized spacial score (nSPS) is 20.1.